The van der Waals surface area contributed by atoms with E-state index in [1.165, 1.54) is 31.7 Å². The lowest BCUT2D eigenvalue weighted by Gasteiger charge is -2.27. The first-order valence-corrected chi connectivity index (χ1v) is 9.24. The summed E-state index contributed by atoms with van der Waals surface area (Å²) in [5.41, 5.74) is 0.472. The molecule has 0 aromatic carbocycles. The van der Waals surface area contributed by atoms with Crippen LogP contribution >= 0.6 is 11.6 Å². The minimum atomic E-state index is -1.26. The highest BCUT2D eigenvalue weighted by Crippen LogP contribution is 2.09. The number of carbonyl (C=O) groups is 2. The van der Waals surface area contributed by atoms with Gasteiger partial charge >= 0.3 is 11.9 Å². The Morgan fingerprint density at radius 3 is 2.45 bits per heavy atom. The predicted octanol–water partition coefficient (Wildman–Crippen LogP) is 0.796. The fourth-order valence-corrected chi connectivity index (χ4v) is 2.61. The minimum Gasteiger partial charge on any atom is -0.619 e. The molecule has 0 spiro atoms. The molecule has 0 aliphatic carbocycles. The van der Waals surface area contributed by atoms with Gasteiger partial charge < -0.3 is 30.3 Å². The smallest absolute Gasteiger partial charge is 0.328 e. The van der Waals surface area contributed by atoms with Crippen molar-refractivity contribution in [1.29, 1.82) is 0 Å². The van der Waals surface area contributed by atoms with E-state index in [1.807, 2.05) is 0 Å². The van der Waals surface area contributed by atoms with Crippen LogP contribution in [0, 0.1) is 5.21 Å². The first kappa shape index (κ1) is 24.3. The zero-order chi connectivity index (χ0) is 21.6. The molecule has 3 N–H and O–H groups in total. The lowest BCUT2D eigenvalue weighted by atomic mass is 10.1. The second kappa shape index (κ2) is 13.5. The second-order valence-corrected chi connectivity index (χ2v) is 6.51. The average molecular weight is 430 g/mol. The van der Waals surface area contributed by atoms with Gasteiger partial charge in [-0.15, -0.1) is 0 Å². The van der Waals surface area contributed by atoms with E-state index < -0.39 is 18.0 Å². The number of aromatic nitrogens is 1. The van der Waals surface area contributed by atoms with Gasteiger partial charge in [-0.05, 0) is 32.0 Å². The van der Waals surface area contributed by atoms with Gasteiger partial charge in [0.2, 0.25) is 0 Å². The number of nitrogens with zero attached hydrogens (tertiary/aromatic N) is 3. The Morgan fingerprint density at radius 1 is 1.28 bits per heavy atom. The van der Waals surface area contributed by atoms with E-state index in [4.69, 9.17) is 26.7 Å². The molecule has 2 heterocycles. The molecule has 0 saturated carbocycles. The van der Waals surface area contributed by atoms with Crippen molar-refractivity contribution in [2.45, 2.75) is 25.4 Å². The van der Waals surface area contributed by atoms with Gasteiger partial charge in [-0.3, -0.25) is 0 Å². The molecule has 1 atom stereocenters. The Labute approximate surface area is 172 Å². The van der Waals surface area contributed by atoms with Gasteiger partial charge in [-0.1, -0.05) is 23.2 Å². The number of aliphatic hydroxyl groups is 1. The van der Waals surface area contributed by atoms with Crippen LogP contribution in [0.5, 0.6) is 0 Å². The molecule has 1 aliphatic rings. The van der Waals surface area contributed by atoms with Gasteiger partial charge in [0.1, 0.15) is 12.7 Å². The molecule has 1 aromatic rings. The maximum atomic E-state index is 11.1. The van der Waals surface area contributed by atoms with Crippen molar-refractivity contribution in [3.63, 3.8) is 0 Å². The monoisotopic (exact) mass is 429 g/mol. The molecule has 1 fully saturated rings. The summed E-state index contributed by atoms with van der Waals surface area (Å²) in [5.74, 6) is -2.51. The molecule has 1 aromatic heterocycles. The molecule has 0 radical (unpaired) electrons. The van der Waals surface area contributed by atoms with Crippen molar-refractivity contribution < 1.29 is 34.5 Å². The quantitative estimate of drug-likeness (QED) is 0.181. The first-order chi connectivity index (χ1) is 13.8. The normalized spacial score (nSPS) is 16.0. The van der Waals surface area contributed by atoms with Crippen LogP contribution in [0.15, 0.2) is 41.8 Å². The van der Waals surface area contributed by atoms with Crippen molar-refractivity contribution in [2.24, 2.45) is 5.16 Å². The van der Waals surface area contributed by atoms with Crippen molar-refractivity contribution in [3.8, 4) is 0 Å². The van der Waals surface area contributed by atoms with Crippen LogP contribution in [-0.2, 0) is 14.4 Å². The number of likely N-dealkylation sites (tertiary alicyclic amines) is 1. The van der Waals surface area contributed by atoms with Crippen molar-refractivity contribution >= 4 is 28.7 Å². The number of rotatable bonds is 8. The summed E-state index contributed by atoms with van der Waals surface area (Å²) in [7, 11) is 0. The number of carboxylic acid groups (broad SMARTS) is 2. The zero-order valence-electron chi connectivity index (χ0n) is 15.7. The third-order valence-electron chi connectivity index (χ3n) is 3.71. The maximum absolute atomic E-state index is 11.1. The summed E-state index contributed by atoms with van der Waals surface area (Å²) in [6.07, 6.45) is 6.80. The summed E-state index contributed by atoms with van der Waals surface area (Å²) < 4.78 is 0.637. The molecular formula is C18H24ClN3O7. The third-order valence-corrected chi connectivity index (χ3v) is 4.00. The highest BCUT2D eigenvalue weighted by molar-refractivity contribution is 6.69. The van der Waals surface area contributed by atoms with E-state index in [2.05, 4.69) is 10.1 Å². The number of β-amino-alcohol motifs (C(OH)–C–C–N with tert-alkyl or cyclic N) is 1. The van der Waals surface area contributed by atoms with E-state index in [9.17, 15) is 19.9 Å². The molecule has 0 bridgehead atoms. The van der Waals surface area contributed by atoms with E-state index in [0.717, 1.165) is 13.1 Å². The Bertz CT molecular complexity index is 705. The number of oxime groups is 1. The van der Waals surface area contributed by atoms with Crippen LogP contribution in [-0.4, -0.2) is 69.7 Å². The van der Waals surface area contributed by atoms with Gasteiger partial charge in [-0.2, -0.15) is 4.73 Å². The molecule has 11 heteroatoms. The Balaban J connectivity index is 0.000000447. The van der Waals surface area contributed by atoms with Gasteiger partial charge in [0.15, 0.2) is 17.6 Å². The standard InChI is InChI=1S/C14H20ClN3O3.C4H4O4/c15-14(12-5-4-8-18(20)9-12)16-21-11-13(19)10-17-6-2-1-3-7-17;5-3(6)1-2-4(7)8/h4-5,8-9,13,19H,1-3,6-7,10-11H2;1-2H,(H,5,6)(H,7,8)/t13-;/m1./s1. The molecule has 29 heavy (non-hydrogen) atoms. The summed E-state index contributed by atoms with van der Waals surface area (Å²) in [6.45, 7) is 2.71. The van der Waals surface area contributed by atoms with Crippen LogP contribution < -0.4 is 4.73 Å². The average Bonchev–Trinajstić information content (AvgIpc) is 2.67. The van der Waals surface area contributed by atoms with Crippen LogP contribution in [0.1, 0.15) is 24.8 Å². The lowest BCUT2D eigenvalue weighted by Crippen LogP contribution is -2.38. The maximum Gasteiger partial charge on any atom is 0.328 e. The number of halogens is 1. The number of carboxylic acids is 2. The number of aliphatic carboxylic acids is 2. The lowest BCUT2D eigenvalue weighted by molar-refractivity contribution is -0.605. The molecule has 10 nitrogen and oxygen atoms in total. The highest BCUT2D eigenvalue weighted by Gasteiger charge is 2.15. The van der Waals surface area contributed by atoms with E-state index in [1.54, 1.807) is 12.1 Å². The van der Waals surface area contributed by atoms with Gasteiger partial charge in [-0.25, -0.2) is 9.59 Å². The Morgan fingerprint density at radius 2 is 1.90 bits per heavy atom. The van der Waals surface area contributed by atoms with Gasteiger partial charge in [0.05, 0.1) is 5.56 Å². The summed E-state index contributed by atoms with van der Waals surface area (Å²) in [6, 6.07) is 3.24. The summed E-state index contributed by atoms with van der Waals surface area (Å²) in [5, 5.41) is 40.4. The number of hydrogen-bond acceptors (Lipinski definition) is 7. The third kappa shape index (κ3) is 11.7. The fraction of sp³-hybridized carbons (Fsp3) is 0.444. The van der Waals surface area contributed by atoms with E-state index in [0.29, 0.717) is 29.0 Å². The molecule has 1 saturated heterocycles. The van der Waals surface area contributed by atoms with Crippen LogP contribution in [0.4, 0.5) is 0 Å². The Hall–Kier alpha value is -2.69. The minimum absolute atomic E-state index is 0.0803. The summed E-state index contributed by atoms with van der Waals surface area (Å²) in [4.78, 5) is 26.4. The van der Waals surface area contributed by atoms with Gasteiger partial charge in [0, 0.05) is 24.8 Å². The SMILES string of the molecule is O=C(O)C=CC(=O)O.[O-][n+]1cccc(C(Cl)=NOC[C@H](O)CN2CCCCC2)c1. The van der Waals surface area contributed by atoms with E-state index >= 15 is 0 Å². The van der Waals surface area contributed by atoms with Crippen LogP contribution in [0.3, 0.4) is 0 Å². The van der Waals surface area contributed by atoms with Crippen LogP contribution in [0.2, 0.25) is 0 Å². The van der Waals surface area contributed by atoms with Crippen molar-refractivity contribution in [3.05, 3.63) is 47.4 Å². The van der Waals surface area contributed by atoms with Crippen molar-refractivity contribution in [1.82, 2.24) is 4.90 Å². The number of piperidine rings is 1. The predicted molar refractivity (Wildman–Crippen MR) is 104 cm³/mol. The fourth-order valence-electron chi connectivity index (χ4n) is 2.44. The number of hydrogen-bond donors (Lipinski definition) is 3. The molecular weight excluding hydrogens is 406 g/mol. The highest BCUT2D eigenvalue weighted by atomic mass is 35.5. The molecule has 0 amide bonds. The first-order valence-electron chi connectivity index (χ1n) is 8.87. The number of pyridine rings is 1. The zero-order valence-corrected chi connectivity index (χ0v) is 16.4. The van der Waals surface area contributed by atoms with E-state index in [-0.39, 0.29) is 11.8 Å². The Kier molecular flexibility index (Phi) is 11.3. The largest absolute Gasteiger partial charge is 0.619 e. The molecule has 2 rings (SSSR count). The van der Waals surface area contributed by atoms with Crippen molar-refractivity contribution in [2.75, 3.05) is 26.2 Å². The molecule has 160 valence electrons. The second-order valence-electron chi connectivity index (χ2n) is 6.16. The van der Waals surface area contributed by atoms with Crippen LogP contribution in [0.25, 0.3) is 0 Å². The molecule has 0 unspecified atom stereocenters. The van der Waals surface area contributed by atoms with Gasteiger partial charge in [0.25, 0.3) is 0 Å². The molecule has 1 aliphatic heterocycles. The summed E-state index contributed by atoms with van der Waals surface area (Å²) >= 11 is 5.93. The number of aliphatic hydroxyl groups excluding tert-OH is 1. The topological polar surface area (TPSA) is 147 Å².